The Labute approximate surface area is 126 Å². The first kappa shape index (κ1) is 14.6. The predicted molar refractivity (Wildman–Crippen MR) is 80.3 cm³/mol. The smallest absolute Gasteiger partial charge is 0.274 e. The van der Waals surface area contributed by atoms with Crippen LogP contribution in [0.1, 0.15) is 61.5 Å². The van der Waals surface area contributed by atoms with Gasteiger partial charge in [0.1, 0.15) is 0 Å². The van der Waals surface area contributed by atoms with E-state index in [1.54, 1.807) is 0 Å². The van der Waals surface area contributed by atoms with Gasteiger partial charge in [0.15, 0.2) is 5.69 Å². The molecule has 0 aromatic carbocycles. The van der Waals surface area contributed by atoms with Gasteiger partial charge >= 0.3 is 0 Å². The van der Waals surface area contributed by atoms with Gasteiger partial charge in [0, 0.05) is 32.1 Å². The number of amides is 1. The molecule has 1 aliphatic heterocycles. The number of fused-ring (bicyclic) bond motifs is 1. The van der Waals surface area contributed by atoms with E-state index in [0.29, 0.717) is 11.6 Å². The number of ether oxygens (including phenoxy) is 1. The molecule has 3 rings (SSSR count). The van der Waals surface area contributed by atoms with Gasteiger partial charge in [-0.25, -0.2) is 0 Å². The Kier molecular flexibility index (Phi) is 3.78. The van der Waals surface area contributed by atoms with Crippen molar-refractivity contribution in [2.75, 3.05) is 13.6 Å². The Morgan fingerprint density at radius 1 is 1.43 bits per heavy atom. The fourth-order valence-corrected chi connectivity index (χ4v) is 3.28. The molecule has 0 N–H and O–H groups in total. The van der Waals surface area contributed by atoms with Crippen LogP contribution in [0, 0.1) is 5.92 Å². The molecule has 0 spiro atoms. The highest BCUT2D eigenvalue weighted by molar-refractivity contribution is 5.94. The molecule has 5 nitrogen and oxygen atoms in total. The molecule has 2 heterocycles. The Morgan fingerprint density at radius 3 is 2.76 bits per heavy atom. The highest BCUT2D eigenvalue weighted by Gasteiger charge is 2.34. The fraction of sp³-hybridized carbons (Fsp3) is 0.750. The molecule has 1 saturated carbocycles. The SMILES string of the molecule is CCn1nc(C(=O)N(C)CC2CC2)c2c1[C@H](C)O[C@H](C)C2. The lowest BCUT2D eigenvalue weighted by atomic mass is 9.99. The van der Waals surface area contributed by atoms with Gasteiger partial charge < -0.3 is 9.64 Å². The third-order valence-corrected chi connectivity index (χ3v) is 4.48. The van der Waals surface area contributed by atoms with Crippen molar-refractivity contribution in [1.82, 2.24) is 14.7 Å². The van der Waals surface area contributed by atoms with Gasteiger partial charge in [0.05, 0.1) is 17.9 Å². The van der Waals surface area contributed by atoms with Crippen LogP contribution in [-0.2, 0) is 17.7 Å². The number of aryl methyl sites for hydroxylation is 1. The van der Waals surface area contributed by atoms with E-state index < -0.39 is 0 Å². The van der Waals surface area contributed by atoms with E-state index in [0.717, 1.165) is 30.8 Å². The van der Waals surface area contributed by atoms with Crippen molar-refractivity contribution in [2.45, 2.75) is 58.8 Å². The lowest BCUT2D eigenvalue weighted by Crippen LogP contribution is -2.31. The van der Waals surface area contributed by atoms with Crippen LogP contribution in [-0.4, -0.2) is 40.3 Å². The van der Waals surface area contributed by atoms with Crippen LogP contribution in [0.15, 0.2) is 0 Å². The monoisotopic (exact) mass is 291 g/mol. The molecular weight excluding hydrogens is 266 g/mol. The van der Waals surface area contributed by atoms with Gasteiger partial charge in [0.2, 0.25) is 0 Å². The van der Waals surface area contributed by atoms with Crippen LogP contribution in [0.5, 0.6) is 0 Å². The highest BCUT2D eigenvalue weighted by atomic mass is 16.5. The Morgan fingerprint density at radius 2 is 2.14 bits per heavy atom. The molecule has 1 aliphatic carbocycles. The first-order valence-corrected chi connectivity index (χ1v) is 8.01. The number of hydrogen-bond acceptors (Lipinski definition) is 3. The van der Waals surface area contributed by atoms with Crippen molar-refractivity contribution in [3.63, 3.8) is 0 Å². The van der Waals surface area contributed by atoms with Gasteiger partial charge in [0.25, 0.3) is 5.91 Å². The third-order valence-electron chi connectivity index (χ3n) is 4.48. The predicted octanol–water partition coefficient (Wildman–Crippen LogP) is 2.41. The highest BCUT2D eigenvalue weighted by Crippen LogP contribution is 2.33. The zero-order chi connectivity index (χ0) is 15.1. The summed E-state index contributed by atoms with van der Waals surface area (Å²) in [6.07, 6.45) is 3.42. The molecule has 21 heavy (non-hydrogen) atoms. The minimum absolute atomic E-state index is 0.00601. The summed E-state index contributed by atoms with van der Waals surface area (Å²) in [5.41, 5.74) is 2.81. The Hall–Kier alpha value is -1.36. The number of rotatable bonds is 4. The molecule has 2 atom stereocenters. The number of nitrogens with zero attached hydrogens (tertiary/aromatic N) is 3. The van der Waals surface area contributed by atoms with E-state index in [2.05, 4.69) is 18.9 Å². The zero-order valence-corrected chi connectivity index (χ0v) is 13.4. The van der Waals surface area contributed by atoms with Crippen LogP contribution in [0.25, 0.3) is 0 Å². The summed E-state index contributed by atoms with van der Waals surface area (Å²) < 4.78 is 7.83. The number of aromatic nitrogens is 2. The molecule has 0 bridgehead atoms. The van der Waals surface area contributed by atoms with Crippen molar-refractivity contribution >= 4 is 5.91 Å². The molecule has 0 saturated heterocycles. The summed E-state index contributed by atoms with van der Waals surface area (Å²) in [5, 5.41) is 4.59. The van der Waals surface area contributed by atoms with Gasteiger partial charge in [-0.2, -0.15) is 5.10 Å². The standard InChI is InChI=1S/C16H25N3O2/c1-5-19-15-11(3)21-10(2)8-13(15)14(17-19)16(20)18(4)9-12-6-7-12/h10-12H,5-9H2,1-4H3/t10-,11+/m1/s1. The molecule has 5 heteroatoms. The summed E-state index contributed by atoms with van der Waals surface area (Å²) in [5.74, 6) is 0.760. The minimum Gasteiger partial charge on any atom is -0.369 e. The number of hydrogen-bond donors (Lipinski definition) is 0. The van der Waals surface area contributed by atoms with Gasteiger partial charge in [-0.1, -0.05) is 0 Å². The quantitative estimate of drug-likeness (QED) is 0.856. The second kappa shape index (κ2) is 5.44. The first-order valence-electron chi connectivity index (χ1n) is 8.01. The van der Waals surface area contributed by atoms with Gasteiger partial charge in [-0.3, -0.25) is 9.48 Å². The van der Waals surface area contributed by atoms with E-state index in [-0.39, 0.29) is 18.1 Å². The molecule has 0 radical (unpaired) electrons. The van der Waals surface area contributed by atoms with Crippen molar-refractivity contribution in [3.05, 3.63) is 17.0 Å². The lowest BCUT2D eigenvalue weighted by Gasteiger charge is -2.27. The summed E-state index contributed by atoms with van der Waals surface area (Å²) in [7, 11) is 1.89. The molecule has 2 aliphatic rings. The van der Waals surface area contributed by atoms with Crippen LogP contribution in [0.2, 0.25) is 0 Å². The maximum atomic E-state index is 12.7. The van der Waals surface area contributed by atoms with Crippen molar-refractivity contribution < 1.29 is 9.53 Å². The Bertz CT molecular complexity index is 548. The van der Waals surface area contributed by atoms with E-state index in [4.69, 9.17) is 4.74 Å². The summed E-state index contributed by atoms with van der Waals surface area (Å²) >= 11 is 0. The number of carbonyl (C=O) groups is 1. The maximum absolute atomic E-state index is 12.7. The largest absolute Gasteiger partial charge is 0.369 e. The summed E-state index contributed by atoms with van der Waals surface area (Å²) in [6.45, 7) is 7.79. The van der Waals surface area contributed by atoms with Crippen LogP contribution in [0.4, 0.5) is 0 Å². The van der Waals surface area contributed by atoms with E-state index in [1.807, 2.05) is 23.6 Å². The fourth-order valence-electron chi connectivity index (χ4n) is 3.28. The van der Waals surface area contributed by atoms with Gasteiger partial charge in [-0.15, -0.1) is 0 Å². The van der Waals surface area contributed by atoms with Gasteiger partial charge in [-0.05, 0) is 39.5 Å². The first-order chi connectivity index (χ1) is 10.0. The molecule has 116 valence electrons. The second-order valence-electron chi connectivity index (χ2n) is 6.45. The molecule has 1 amide bonds. The topological polar surface area (TPSA) is 47.4 Å². The molecule has 0 unspecified atom stereocenters. The van der Waals surface area contributed by atoms with Crippen molar-refractivity contribution in [2.24, 2.45) is 5.92 Å². The van der Waals surface area contributed by atoms with Crippen LogP contribution in [0.3, 0.4) is 0 Å². The van der Waals surface area contributed by atoms with E-state index >= 15 is 0 Å². The normalized spacial score (nSPS) is 24.8. The molecule has 1 aromatic heterocycles. The average Bonchev–Trinajstić information content (AvgIpc) is 3.16. The molecule has 1 aromatic rings. The molecule has 1 fully saturated rings. The lowest BCUT2D eigenvalue weighted by molar-refractivity contribution is -0.00951. The Balaban J connectivity index is 1.92. The third kappa shape index (κ3) is 2.71. The van der Waals surface area contributed by atoms with E-state index in [9.17, 15) is 4.79 Å². The summed E-state index contributed by atoms with van der Waals surface area (Å²) in [4.78, 5) is 14.6. The van der Waals surface area contributed by atoms with Crippen LogP contribution >= 0.6 is 0 Å². The van der Waals surface area contributed by atoms with Crippen LogP contribution < -0.4 is 0 Å². The maximum Gasteiger partial charge on any atom is 0.274 e. The zero-order valence-electron chi connectivity index (χ0n) is 13.4. The van der Waals surface area contributed by atoms with Crippen molar-refractivity contribution in [1.29, 1.82) is 0 Å². The van der Waals surface area contributed by atoms with Crippen molar-refractivity contribution in [3.8, 4) is 0 Å². The van der Waals surface area contributed by atoms with E-state index in [1.165, 1.54) is 12.8 Å². The summed E-state index contributed by atoms with van der Waals surface area (Å²) in [6, 6.07) is 0. The minimum atomic E-state index is 0.00601. The second-order valence-corrected chi connectivity index (χ2v) is 6.45. The molecular formula is C16H25N3O2. The number of carbonyl (C=O) groups excluding carboxylic acids is 1. The average molecular weight is 291 g/mol.